The molecule has 0 spiro atoms. The fraction of sp³-hybridized carbons (Fsp3) is 0.500. The van der Waals surface area contributed by atoms with Crippen LogP contribution in [-0.4, -0.2) is 72.7 Å². The highest BCUT2D eigenvalue weighted by molar-refractivity contribution is 7.91. The van der Waals surface area contributed by atoms with Crippen LogP contribution in [0.2, 0.25) is 0 Å². The van der Waals surface area contributed by atoms with E-state index in [0.29, 0.717) is 24.5 Å². The second-order valence-corrected chi connectivity index (χ2v) is 12.3. The molecule has 0 saturated carbocycles. The third kappa shape index (κ3) is 11.3. The Morgan fingerprint density at radius 3 is 2.21 bits per heavy atom. The van der Waals surface area contributed by atoms with Crippen LogP contribution in [0.4, 0.5) is 22.0 Å². The number of nitrogens with one attached hydrogen (secondary N) is 1. The normalized spacial score (nSPS) is 14.2. The Morgan fingerprint density at radius 1 is 1.02 bits per heavy atom. The molecule has 2 aromatic carbocycles. The van der Waals surface area contributed by atoms with E-state index >= 15 is 0 Å². The number of aliphatic hydroxyl groups is 1. The molecule has 3 atom stereocenters. The van der Waals surface area contributed by atoms with Crippen molar-refractivity contribution in [2.24, 2.45) is 5.73 Å². The Bertz CT molecular complexity index is 1300. The zero-order chi connectivity index (χ0) is 31.7. The van der Waals surface area contributed by atoms with Gasteiger partial charge >= 0.3 is 12.1 Å². The number of hydrogen-bond donors (Lipinski definition) is 3. The van der Waals surface area contributed by atoms with E-state index in [4.69, 9.17) is 5.73 Å². The lowest BCUT2D eigenvalue weighted by molar-refractivity contribution is -0.175. The van der Waals surface area contributed by atoms with Crippen molar-refractivity contribution < 1.29 is 45.1 Å². The summed E-state index contributed by atoms with van der Waals surface area (Å²) in [7, 11) is -4.08. The lowest BCUT2D eigenvalue weighted by Gasteiger charge is -2.31. The minimum Gasteiger partial charge on any atom is -0.390 e. The molecule has 0 aliphatic heterocycles. The van der Waals surface area contributed by atoms with Gasteiger partial charge in [-0.1, -0.05) is 44.5 Å². The third-order valence-corrected chi connectivity index (χ3v) is 8.22. The topological polar surface area (TPSA) is 130 Å². The Hall–Kier alpha value is -3.10. The van der Waals surface area contributed by atoms with Gasteiger partial charge in [-0.05, 0) is 48.1 Å². The largest absolute Gasteiger partial charge is 0.471 e. The van der Waals surface area contributed by atoms with Crippen molar-refractivity contribution in [2.75, 3.05) is 18.1 Å². The second-order valence-electron chi connectivity index (χ2n) is 10.1. The average Bonchev–Trinajstić information content (AvgIpc) is 2.89. The van der Waals surface area contributed by atoms with Gasteiger partial charge in [-0.15, -0.1) is 0 Å². The van der Waals surface area contributed by atoms with Crippen molar-refractivity contribution in [2.45, 2.75) is 70.4 Å². The molecule has 0 aliphatic rings. The van der Waals surface area contributed by atoms with Gasteiger partial charge in [0.15, 0.2) is 9.84 Å². The Balaban J connectivity index is 2.42. The van der Waals surface area contributed by atoms with Gasteiger partial charge in [-0.3, -0.25) is 9.59 Å². The van der Waals surface area contributed by atoms with Crippen LogP contribution in [0.3, 0.4) is 0 Å². The fourth-order valence-electron chi connectivity index (χ4n) is 4.24. The van der Waals surface area contributed by atoms with Crippen LogP contribution in [0, 0.1) is 11.6 Å². The molecule has 0 aliphatic carbocycles. The van der Waals surface area contributed by atoms with E-state index in [2.05, 4.69) is 0 Å². The number of nitrogens with zero attached hydrogens (tertiary/aromatic N) is 1. The van der Waals surface area contributed by atoms with Crippen molar-refractivity contribution in [3.8, 4) is 0 Å². The van der Waals surface area contributed by atoms with E-state index in [1.807, 2.05) is 13.0 Å². The van der Waals surface area contributed by atoms with Gasteiger partial charge in [0, 0.05) is 25.2 Å². The number of aryl methyl sites for hydroxylation is 1. The van der Waals surface area contributed by atoms with E-state index in [1.54, 1.807) is 25.1 Å². The predicted molar refractivity (Wildman–Crippen MR) is 147 cm³/mol. The number of carbonyl (C=O) groups is 2. The molecule has 0 bridgehead atoms. The molecule has 14 heteroatoms. The highest BCUT2D eigenvalue weighted by Gasteiger charge is 2.42. The molecular formula is C28H36F5N3O5S. The summed E-state index contributed by atoms with van der Waals surface area (Å²) in [4.78, 5) is 26.4. The minimum atomic E-state index is -5.39. The van der Waals surface area contributed by atoms with E-state index in [9.17, 15) is 45.1 Å². The minimum absolute atomic E-state index is 0.116. The summed E-state index contributed by atoms with van der Waals surface area (Å²) in [6.07, 6.45) is -5.88. The van der Waals surface area contributed by atoms with Crippen molar-refractivity contribution in [1.82, 2.24) is 10.2 Å². The van der Waals surface area contributed by atoms with E-state index in [-0.39, 0.29) is 24.9 Å². The molecule has 0 unspecified atom stereocenters. The van der Waals surface area contributed by atoms with Gasteiger partial charge in [0.2, 0.25) is 5.91 Å². The zero-order valence-electron chi connectivity index (χ0n) is 23.3. The molecule has 2 rings (SSSR count). The summed E-state index contributed by atoms with van der Waals surface area (Å²) in [6.45, 7) is 2.74. The smallest absolute Gasteiger partial charge is 0.390 e. The number of carbonyl (C=O) groups excluding carboxylic acids is 2. The molecule has 8 nitrogen and oxygen atoms in total. The van der Waals surface area contributed by atoms with Crippen LogP contribution in [0.5, 0.6) is 0 Å². The van der Waals surface area contributed by atoms with Crippen LogP contribution < -0.4 is 11.1 Å². The van der Waals surface area contributed by atoms with Gasteiger partial charge in [0.1, 0.15) is 17.7 Å². The number of unbranched alkanes of at least 4 members (excludes halogenated alkanes) is 1. The molecule has 2 aromatic rings. The van der Waals surface area contributed by atoms with Crippen molar-refractivity contribution in [1.29, 1.82) is 0 Å². The second kappa shape index (κ2) is 15.4. The van der Waals surface area contributed by atoms with Gasteiger partial charge in [0.05, 0.1) is 17.6 Å². The zero-order valence-corrected chi connectivity index (χ0v) is 24.1. The highest BCUT2D eigenvalue weighted by Crippen LogP contribution is 2.18. The summed E-state index contributed by atoms with van der Waals surface area (Å²) < 4.78 is 91.9. The Labute approximate surface area is 242 Å². The lowest BCUT2D eigenvalue weighted by Crippen LogP contribution is -2.56. The van der Waals surface area contributed by atoms with Gasteiger partial charge in [0.25, 0.3) is 0 Å². The quantitative estimate of drug-likeness (QED) is 0.262. The molecule has 0 saturated heterocycles. The van der Waals surface area contributed by atoms with Crippen LogP contribution in [0.25, 0.3) is 0 Å². The maximum absolute atomic E-state index is 13.7. The number of amides is 2. The first-order valence-electron chi connectivity index (χ1n) is 13.4. The van der Waals surface area contributed by atoms with Gasteiger partial charge < -0.3 is 21.1 Å². The van der Waals surface area contributed by atoms with Crippen LogP contribution in [0.15, 0.2) is 42.5 Å². The van der Waals surface area contributed by atoms with E-state index < -0.39 is 75.7 Å². The molecule has 0 heterocycles. The first-order chi connectivity index (χ1) is 19.5. The van der Waals surface area contributed by atoms with Crippen LogP contribution in [0.1, 0.15) is 43.4 Å². The summed E-state index contributed by atoms with van der Waals surface area (Å²) in [6, 6.07) is 6.24. The summed E-state index contributed by atoms with van der Waals surface area (Å²) in [5.74, 6) is -6.92. The first-order valence-corrected chi connectivity index (χ1v) is 15.2. The Morgan fingerprint density at radius 2 is 1.64 bits per heavy atom. The molecule has 0 radical (unpaired) electrons. The average molecular weight is 622 g/mol. The molecule has 234 valence electrons. The van der Waals surface area contributed by atoms with Crippen molar-refractivity contribution in [3.63, 3.8) is 0 Å². The molecule has 0 fully saturated rings. The first kappa shape index (κ1) is 35.1. The maximum Gasteiger partial charge on any atom is 0.471 e. The number of benzene rings is 2. The summed E-state index contributed by atoms with van der Waals surface area (Å²) >= 11 is 0. The van der Waals surface area contributed by atoms with Crippen molar-refractivity contribution >= 4 is 21.7 Å². The molecule has 0 aromatic heterocycles. The number of alkyl halides is 3. The molecule has 42 heavy (non-hydrogen) atoms. The monoisotopic (exact) mass is 621 g/mol. The third-order valence-electron chi connectivity index (χ3n) is 6.47. The standard InChI is InChI=1S/C28H36F5N3O5S/c1-3-5-9-42(40,41)17-24(35-27(39)28(31,32)33)26(38)36(15-19-8-6-7-18(4-2)10-19)16-25(37)23(34)13-20-11-21(29)14-22(30)12-20/h6-8,10-12,14,23-25,37H,3-5,9,13,15-17,34H2,1-2H3,(H,35,39)/t23-,24+,25+/m0/s1. The lowest BCUT2D eigenvalue weighted by atomic mass is 10.0. The van der Waals surface area contributed by atoms with Gasteiger partial charge in [-0.25, -0.2) is 17.2 Å². The summed E-state index contributed by atoms with van der Waals surface area (Å²) in [5.41, 5.74) is 7.56. The number of nitrogens with two attached hydrogens (primary N) is 1. The maximum atomic E-state index is 13.7. The molecule has 4 N–H and O–H groups in total. The number of rotatable bonds is 15. The number of sulfone groups is 1. The fourth-order valence-corrected chi connectivity index (χ4v) is 5.86. The Kier molecular flexibility index (Phi) is 12.9. The van der Waals surface area contributed by atoms with E-state index in [0.717, 1.165) is 22.6 Å². The number of aliphatic hydroxyl groups excluding tert-OH is 1. The molecule has 2 amide bonds. The van der Waals surface area contributed by atoms with Crippen molar-refractivity contribution in [3.05, 3.63) is 70.8 Å². The predicted octanol–water partition coefficient (Wildman–Crippen LogP) is 3.05. The van der Waals surface area contributed by atoms with Crippen LogP contribution >= 0.6 is 0 Å². The van der Waals surface area contributed by atoms with Crippen LogP contribution in [-0.2, 0) is 38.8 Å². The number of halogens is 5. The molecular weight excluding hydrogens is 585 g/mol. The van der Waals surface area contributed by atoms with Gasteiger partial charge in [-0.2, -0.15) is 13.2 Å². The van der Waals surface area contributed by atoms with E-state index in [1.165, 1.54) is 5.32 Å². The SMILES string of the molecule is CCCCS(=O)(=O)C[C@@H](NC(=O)C(F)(F)F)C(=O)N(Cc1cccc(CC)c1)C[C@@H](O)[C@@H](N)Cc1cc(F)cc(F)c1. The highest BCUT2D eigenvalue weighted by atomic mass is 32.2. The number of hydrogen-bond acceptors (Lipinski definition) is 6. The summed E-state index contributed by atoms with van der Waals surface area (Å²) in [5, 5.41) is 12.4.